The summed E-state index contributed by atoms with van der Waals surface area (Å²) in [5.74, 6) is 0.349. The third-order valence-corrected chi connectivity index (χ3v) is 4.74. The minimum atomic E-state index is 0.0464. The maximum atomic E-state index is 12.3. The first-order chi connectivity index (χ1) is 11.7. The molecule has 1 aromatic carbocycles. The Hall–Kier alpha value is -1.91. The fourth-order valence-electron chi connectivity index (χ4n) is 3.01. The molecule has 2 aromatic rings. The van der Waals surface area contributed by atoms with E-state index in [0.717, 1.165) is 12.0 Å². The van der Waals surface area contributed by atoms with E-state index < -0.39 is 0 Å². The molecule has 3 rings (SSSR count). The highest BCUT2D eigenvalue weighted by atomic mass is 35.5. The molecule has 1 aromatic heterocycles. The second kappa shape index (κ2) is 8.27. The summed E-state index contributed by atoms with van der Waals surface area (Å²) in [7, 11) is 0. The highest BCUT2D eigenvalue weighted by molar-refractivity contribution is 6.31. The van der Waals surface area contributed by atoms with Gasteiger partial charge in [0.15, 0.2) is 0 Å². The van der Waals surface area contributed by atoms with Crippen molar-refractivity contribution in [2.45, 2.75) is 25.3 Å². The summed E-state index contributed by atoms with van der Waals surface area (Å²) in [6.45, 7) is 1.26. The van der Waals surface area contributed by atoms with Crippen LogP contribution in [-0.2, 0) is 22.4 Å². The zero-order valence-corrected chi connectivity index (χ0v) is 14.2. The van der Waals surface area contributed by atoms with Crippen molar-refractivity contribution in [2.75, 3.05) is 13.2 Å². The summed E-state index contributed by atoms with van der Waals surface area (Å²) in [5, 5.41) is 3.83. The molecule has 4 nitrogen and oxygen atoms in total. The van der Waals surface area contributed by atoms with Crippen LogP contribution in [0.2, 0.25) is 5.02 Å². The Kier molecular flexibility index (Phi) is 5.83. The number of ether oxygens (including phenoxy) is 1. The molecular formula is C19H21ClN2O2. The number of pyridine rings is 1. The molecule has 0 unspecified atom stereocenters. The lowest BCUT2D eigenvalue weighted by atomic mass is 9.95. The SMILES string of the molecule is O=C(CCc1ccccc1Cl)N[C@@H]1COC[C@H]1Cc1ccncc1. The number of aryl methyl sites for hydroxylation is 1. The predicted octanol–water partition coefficient (Wildman–Crippen LogP) is 3.04. The number of nitrogens with one attached hydrogen (secondary N) is 1. The van der Waals surface area contributed by atoms with Crippen LogP contribution >= 0.6 is 11.6 Å². The number of halogens is 1. The molecule has 0 aliphatic carbocycles. The number of carbonyl (C=O) groups is 1. The topological polar surface area (TPSA) is 51.2 Å². The number of aromatic nitrogens is 1. The molecule has 2 atom stereocenters. The van der Waals surface area contributed by atoms with Crippen LogP contribution in [0.1, 0.15) is 17.5 Å². The summed E-state index contributed by atoms with van der Waals surface area (Å²) >= 11 is 6.13. The standard InChI is InChI=1S/C19H21ClN2O2/c20-17-4-2-1-3-15(17)5-6-19(23)22-18-13-24-12-16(18)11-14-7-9-21-10-8-14/h1-4,7-10,16,18H,5-6,11-13H2,(H,22,23)/t16-,18-/m1/s1. The Morgan fingerprint density at radius 3 is 2.79 bits per heavy atom. The monoisotopic (exact) mass is 344 g/mol. The van der Waals surface area contributed by atoms with Gasteiger partial charge in [0.25, 0.3) is 0 Å². The van der Waals surface area contributed by atoms with Gasteiger partial charge in [-0.2, -0.15) is 0 Å². The molecule has 5 heteroatoms. The molecule has 1 fully saturated rings. The van der Waals surface area contributed by atoms with Gasteiger partial charge in [0.05, 0.1) is 19.3 Å². The fraction of sp³-hybridized carbons (Fsp3) is 0.368. The lowest BCUT2D eigenvalue weighted by Crippen LogP contribution is -2.40. The largest absolute Gasteiger partial charge is 0.379 e. The van der Waals surface area contributed by atoms with E-state index in [4.69, 9.17) is 16.3 Å². The molecule has 1 saturated heterocycles. The highest BCUT2D eigenvalue weighted by Gasteiger charge is 2.29. The smallest absolute Gasteiger partial charge is 0.220 e. The second-order valence-electron chi connectivity index (χ2n) is 6.12. The van der Waals surface area contributed by atoms with Crippen molar-refractivity contribution in [3.63, 3.8) is 0 Å². The number of hydrogen-bond donors (Lipinski definition) is 1. The predicted molar refractivity (Wildman–Crippen MR) is 94.0 cm³/mol. The van der Waals surface area contributed by atoms with Gasteiger partial charge < -0.3 is 10.1 Å². The number of carbonyl (C=O) groups excluding carboxylic acids is 1. The summed E-state index contributed by atoms with van der Waals surface area (Å²) in [5.41, 5.74) is 2.22. The fourth-order valence-corrected chi connectivity index (χ4v) is 3.24. The average molecular weight is 345 g/mol. The van der Waals surface area contributed by atoms with E-state index in [9.17, 15) is 4.79 Å². The lowest BCUT2D eigenvalue weighted by molar-refractivity contribution is -0.122. The molecule has 1 aliphatic heterocycles. The van der Waals surface area contributed by atoms with Gasteiger partial charge in [0.1, 0.15) is 0 Å². The van der Waals surface area contributed by atoms with Crippen LogP contribution in [0.15, 0.2) is 48.8 Å². The van der Waals surface area contributed by atoms with Gasteiger partial charge in [0.2, 0.25) is 5.91 Å². The molecule has 0 radical (unpaired) electrons. The number of amides is 1. The van der Waals surface area contributed by atoms with Crippen molar-refractivity contribution in [2.24, 2.45) is 5.92 Å². The van der Waals surface area contributed by atoms with Crippen LogP contribution in [0.3, 0.4) is 0 Å². The van der Waals surface area contributed by atoms with Crippen molar-refractivity contribution in [1.29, 1.82) is 0 Å². The van der Waals surface area contributed by atoms with Crippen LogP contribution < -0.4 is 5.32 Å². The molecule has 2 heterocycles. The number of nitrogens with zero attached hydrogens (tertiary/aromatic N) is 1. The van der Waals surface area contributed by atoms with E-state index in [1.54, 1.807) is 12.4 Å². The van der Waals surface area contributed by atoms with E-state index in [0.29, 0.717) is 37.0 Å². The van der Waals surface area contributed by atoms with Gasteiger partial charge in [-0.3, -0.25) is 9.78 Å². The Bertz CT molecular complexity index is 678. The molecule has 1 N–H and O–H groups in total. The van der Waals surface area contributed by atoms with Crippen molar-refractivity contribution < 1.29 is 9.53 Å². The quantitative estimate of drug-likeness (QED) is 0.876. The summed E-state index contributed by atoms with van der Waals surface area (Å²) < 4.78 is 5.57. The molecule has 1 aliphatic rings. The first kappa shape index (κ1) is 16.9. The van der Waals surface area contributed by atoms with E-state index in [1.165, 1.54) is 5.56 Å². The van der Waals surface area contributed by atoms with Crippen molar-refractivity contribution in [1.82, 2.24) is 10.3 Å². The third kappa shape index (κ3) is 4.56. The Balaban J connectivity index is 1.51. The number of rotatable bonds is 6. The summed E-state index contributed by atoms with van der Waals surface area (Å²) in [6.07, 6.45) is 5.55. The van der Waals surface area contributed by atoms with Crippen LogP contribution in [-0.4, -0.2) is 30.1 Å². The molecule has 24 heavy (non-hydrogen) atoms. The zero-order valence-electron chi connectivity index (χ0n) is 13.5. The maximum absolute atomic E-state index is 12.3. The Morgan fingerprint density at radius 1 is 1.21 bits per heavy atom. The van der Waals surface area contributed by atoms with Gasteiger partial charge in [-0.05, 0) is 42.2 Å². The zero-order chi connectivity index (χ0) is 16.8. The number of hydrogen-bond acceptors (Lipinski definition) is 3. The van der Waals surface area contributed by atoms with Gasteiger partial charge in [-0.1, -0.05) is 29.8 Å². The molecule has 0 saturated carbocycles. The molecule has 0 bridgehead atoms. The van der Waals surface area contributed by atoms with Gasteiger partial charge >= 0.3 is 0 Å². The van der Waals surface area contributed by atoms with Crippen molar-refractivity contribution in [3.05, 3.63) is 64.9 Å². The minimum Gasteiger partial charge on any atom is -0.379 e. The van der Waals surface area contributed by atoms with Crippen LogP contribution in [0.5, 0.6) is 0 Å². The van der Waals surface area contributed by atoms with E-state index in [2.05, 4.69) is 10.3 Å². The average Bonchev–Trinajstić information content (AvgIpc) is 3.02. The third-order valence-electron chi connectivity index (χ3n) is 4.37. The first-order valence-electron chi connectivity index (χ1n) is 8.22. The normalized spacial score (nSPS) is 20.0. The maximum Gasteiger partial charge on any atom is 0.220 e. The van der Waals surface area contributed by atoms with Gasteiger partial charge in [-0.25, -0.2) is 0 Å². The first-order valence-corrected chi connectivity index (χ1v) is 8.59. The van der Waals surface area contributed by atoms with E-state index in [1.807, 2.05) is 36.4 Å². The van der Waals surface area contributed by atoms with Gasteiger partial charge in [-0.15, -0.1) is 0 Å². The summed E-state index contributed by atoms with van der Waals surface area (Å²) in [6, 6.07) is 11.7. The second-order valence-corrected chi connectivity index (χ2v) is 6.53. The van der Waals surface area contributed by atoms with E-state index in [-0.39, 0.29) is 11.9 Å². The summed E-state index contributed by atoms with van der Waals surface area (Å²) in [4.78, 5) is 16.3. The molecule has 0 spiro atoms. The molecular weight excluding hydrogens is 324 g/mol. The Labute approximate surface area is 147 Å². The van der Waals surface area contributed by atoms with Gasteiger partial charge in [0, 0.05) is 29.8 Å². The van der Waals surface area contributed by atoms with E-state index >= 15 is 0 Å². The van der Waals surface area contributed by atoms with Crippen LogP contribution in [0, 0.1) is 5.92 Å². The molecule has 126 valence electrons. The minimum absolute atomic E-state index is 0.0464. The highest BCUT2D eigenvalue weighted by Crippen LogP contribution is 2.20. The van der Waals surface area contributed by atoms with Crippen LogP contribution in [0.4, 0.5) is 0 Å². The number of benzene rings is 1. The van der Waals surface area contributed by atoms with Crippen molar-refractivity contribution >= 4 is 17.5 Å². The van der Waals surface area contributed by atoms with Crippen molar-refractivity contribution in [3.8, 4) is 0 Å². The van der Waals surface area contributed by atoms with Crippen LogP contribution in [0.25, 0.3) is 0 Å². The molecule has 1 amide bonds. The lowest BCUT2D eigenvalue weighted by Gasteiger charge is -2.19. The Morgan fingerprint density at radius 2 is 2.00 bits per heavy atom.